The minimum absolute atomic E-state index is 0.0311. The largest absolute Gasteiger partial charge is 0.507 e. The van der Waals surface area contributed by atoms with Gasteiger partial charge in [-0.25, -0.2) is 4.98 Å². The van der Waals surface area contributed by atoms with Gasteiger partial charge >= 0.3 is 5.97 Å². The summed E-state index contributed by atoms with van der Waals surface area (Å²) in [6, 6.07) is 5.54. The minimum atomic E-state index is -0.0841. The first-order valence-corrected chi connectivity index (χ1v) is 9.54. The van der Waals surface area contributed by atoms with Crippen LogP contribution < -0.4 is 4.90 Å². The zero-order chi connectivity index (χ0) is 18.0. The molecule has 2 aromatic rings. The third-order valence-electron chi connectivity index (χ3n) is 4.69. The predicted octanol–water partition coefficient (Wildman–Crippen LogP) is 3.85. The van der Waals surface area contributed by atoms with Gasteiger partial charge < -0.3 is 14.7 Å². The molecular weight excluding hydrogens is 336 g/mol. The molecule has 2 heterocycles. The number of thiazole rings is 1. The molecule has 0 aliphatic carbocycles. The number of hydrogen-bond acceptors (Lipinski definition) is 6. The van der Waals surface area contributed by atoms with Crippen LogP contribution in [0.5, 0.6) is 5.75 Å². The maximum Gasteiger partial charge on any atom is 0.309 e. The normalized spacial score (nSPS) is 20.5. The van der Waals surface area contributed by atoms with Crippen molar-refractivity contribution in [2.45, 2.75) is 27.2 Å². The summed E-state index contributed by atoms with van der Waals surface area (Å²) in [5.41, 5.74) is 2.64. The van der Waals surface area contributed by atoms with Gasteiger partial charge in [-0.1, -0.05) is 18.6 Å². The van der Waals surface area contributed by atoms with Crippen LogP contribution in [0, 0.1) is 18.8 Å². The maximum atomic E-state index is 12.0. The van der Waals surface area contributed by atoms with Gasteiger partial charge in [-0.15, -0.1) is 11.3 Å². The van der Waals surface area contributed by atoms with Crippen LogP contribution in [0.1, 0.15) is 25.8 Å². The number of benzene rings is 1. The van der Waals surface area contributed by atoms with Gasteiger partial charge in [0.1, 0.15) is 5.75 Å². The van der Waals surface area contributed by atoms with Crippen molar-refractivity contribution in [3.8, 4) is 17.0 Å². The predicted molar refractivity (Wildman–Crippen MR) is 100 cm³/mol. The molecular formula is C19H24N2O3S. The molecule has 1 aromatic carbocycles. The molecule has 1 aliphatic heterocycles. The first kappa shape index (κ1) is 17.7. The molecule has 3 rings (SSSR count). The average Bonchev–Trinajstić information content (AvgIpc) is 3.07. The van der Waals surface area contributed by atoms with Gasteiger partial charge in [-0.05, 0) is 38.3 Å². The number of anilines is 1. The lowest BCUT2D eigenvalue weighted by Gasteiger charge is -2.35. The van der Waals surface area contributed by atoms with Crippen molar-refractivity contribution in [2.24, 2.45) is 11.8 Å². The SMILES string of the molecule is CCOC(=O)[C@H]1CCN(c2nc(-c3cc(C)ccc3O)cs2)C[C@H]1C. The van der Waals surface area contributed by atoms with Gasteiger partial charge in [0.15, 0.2) is 5.13 Å². The van der Waals surface area contributed by atoms with Crippen LogP contribution in [0.3, 0.4) is 0 Å². The Morgan fingerprint density at radius 2 is 2.28 bits per heavy atom. The zero-order valence-electron chi connectivity index (χ0n) is 14.9. The molecule has 0 saturated carbocycles. The molecule has 25 heavy (non-hydrogen) atoms. The summed E-state index contributed by atoms with van der Waals surface area (Å²) >= 11 is 1.57. The molecule has 0 unspecified atom stereocenters. The van der Waals surface area contributed by atoms with E-state index in [2.05, 4.69) is 11.8 Å². The highest BCUT2D eigenvalue weighted by molar-refractivity contribution is 7.14. The molecule has 1 aliphatic rings. The molecule has 0 spiro atoms. The lowest BCUT2D eigenvalue weighted by Crippen LogP contribution is -2.42. The van der Waals surface area contributed by atoms with Crippen molar-refractivity contribution in [1.29, 1.82) is 0 Å². The third kappa shape index (κ3) is 3.79. The second-order valence-electron chi connectivity index (χ2n) is 6.61. The smallest absolute Gasteiger partial charge is 0.309 e. The number of carbonyl (C=O) groups is 1. The second kappa shape index (κ2) is 7.44. The van der Waals surface area contributed by atoms with Crippen molar-refractivity contribution < 1.29 is 14.6 Å². The first-order valence-electron chi connectivity index (χ1n) is 8.66. The number of aryl methyl sites for hydroxylation is 1. The fourth-order valence-electron chi connectivity index (χ4n) is 3.31. The van der Waals surface area contributed by atoms with E-state index in [4.69, 9.17) is 9.72 Å². The Balaban J connectivity index is 1.73. The van der Waals surface area contributed by atoms with E-state index in [1.807, 2.05) is 31.4 Å². The summed E-state index contributed by atoms with van der Waals surface area (Å²) in [6.07, 6.45) is 0.782. The summed E-state index contributed by atoms with van der Waals surface area (Å²) in [7, 11) is 0. The Morgan fingerprint density at radius 1 is 1.48 bits per heavy atom. The molecule has 1 aromatic heterocycles. The Labute approximate surface area is 152 Å². The number of aromatic hydroxyl groups is 1. The third-order valence-corrected chi connectivity index (χ3v) is 5.59. The number of rotatable bonds is 4. The molecule has 0 bridgehead atoms. The number of piperidine rings is 1. The second-order valence-corrected chi connectivity index (χ2v) is 7.44. The topological polar surface area (TPSA) is 62.7 Å². The molecule has 1 N–H and O–H groups in total. The molecule has 0 amide bonds. The van der Waals surface area contributed by atoms with Gasteiger partial charge in [0, 0.05) is 24.0 Å². The van der Waals surface area contributed by atoms with E-state index in [1.165, 1.54) is 0 Å². The minimum Gasteiger partial charge on any atom is -0.507 e. The van der Waals surface area contributed by atoms with Crippen LogP contribution in [0.4, 0.5) is 5.13 Å². The number of phenolic OH excluding ortho intramolecular Hbond substituents is 1. The van der Waals surface area contributed by atoms with Crippen molar-refractivity contribution in [3.63, 3.8) is 0 Å². The molecule has 0 radical (unpaired) electrons. The Hall–Kier alpha value is -2.08. The van der Waals surface area contributed by atoms with E-state index in [0.717, 1.165) is 41.5 Å². The van der Waals surface area contributed by atoms with Crippen molar-refractivity contribution in [2.75, 3.05) is 24.6 Å². The lowest BCUT2D eigenvalue weighted by molar-refractivity contribution is -0.150. The van der Waals surface area contributed by atoms with Crippen LogP contribution in [-0.4, -0.2) is 35.8 Å². The Bertz CT molecular complexity index is 759. The Morgan fingerprint density at radius 3 is 3.00 bits per heavy atom. The first-order chi connectivity index (χ1) is 12.0. The van der Waals surface area contributed by atoms with E-state index >= 15 is 0 Å². The van der Waals surface area contributed by atoms with Crippen molar-refractivity contribution in [1.82, 2.24) is 4.98 Å². The molecule has 1 fully saturated rings. The molecule has 2 atom stereocenters. The van der Waals surface area contributed by atoms with Crippen LogP contribution in [0.25, 0.3) is 11.3 Å². The van der Waals surface area contributed by atoms with Gasteiger partial charge in [-0.2, -0.15) is 0 Å². The van der Waals surface area contributed by atoms with E-state index < -0.39 is 0 Å². The number of phenols is 1. The summed E-state index contributed by atoms with van der Waals surface area (Å²) in [4.78, 5) is 19.0. The van der Waals surface area contributed by atoms with E-state index in [9.17, 15) is 9.90 Å². The number of nitrogens with zero attached hydrogens (tertiary/aromatic N) is 2. The summed E-state index contributed by atoms with van der Waals surface area (Å²) in [5, 5.41) is 13.0. The van der Waals surface area contributed by atoms with Crippen LogP contribution >= 0.6 is 11.3 Å². The molecule has 134 valence electrons. The summed E-state index contributed by atoms with van der Waals surface area (Å²) in [5.74, 6) is 0.361. The highest BCUT2D eigenvalue weighted by Gasteiger charge is 2.33. The number of carbonyl (C=O) groups excluding carboxylic acids is 1. The van der Waals surface area contributed by atoms with Crippen molar-refractivity contribution in [3.05, 3.63) is 29.1 Å². The van der Waals surface area contributed by atoms with E-state index in [-0.39, 0.29) is 23.6 Å². The molecule has 1 saturated heterocycles. The summed E-state index contributed by atoms with van der Waals surface area (Å²) in [6.45, 7) is 7.95. The molecule has 6 heteroatoms. The Kier molecular flexibility index (Phi) is 5.27. The monoisotopic (exact) mass is 360 g/mol. The quantitative estimate of drug-likeness (QED) is 0.839. The highest BCUT2D eigenvalue weighted by atomic mass is 32.1. The summed E-state index contributed by atoms with van der Waals surface area (Å²) < 4.78 is 5.18. The van der Waals surface area contributed by atoms with E-state index in [0.29, 0.717) is 6.61 Å². The van der Waals surface area contributed by atoms with Gasteiger partial charge in [-0.3, -0.25) is 4.79 Å². The number of ether oxygens (including phenoxy) is 1. The zero-order valence-corrected chi connectivity index (χ0v) is 15.7. The molecule has 5 nitrogen and oxygen atoms in total. The van der Waals surface area contributed by atoms with Gasteiger partial charge in [0.2, 0.25) is 0 Å². The number of hydrogen-bond donors (Lipinski definition) is 1. The fraction of sp³-hybridized carbons (Fsp3) is 0.474. The highest BCUT2D eigenvalue weighted by Crippen LogP contribution is 2.35. The van der Waals surface area contributed by atoms with Crippen molar-refractivity contribution >= 4 is 22.4 Å². The van der Waals surface area contributed by atoms with E-state index in [1.54, 1.807) is 17.4 Å². The fourth-order valence-corrected chi connectivity index (χ4v) is 4.17. The van der Waals surface area contributed by atoms with Crippen LogP contribution in [0.2, 0.25) is 0 Å². The standard InChI is InChI=1S/C19H24N2O3S/c1-4-24-18(23)14-7-8-21(10-13(14)3)19-20-16(11-25-19)15-9-12(2)5-6-17(15)22/h5-6,9,11,13-14,22H,4,7-8,10H2,1-3H3/t13-,14+/m1/s1. The number of esters is 1. The van der Waals surface area contributed by atoms with Crippen LogP contribution in [0.15, 0.2) is 23.6 Å². The van der Waals surface area contributed by atoms with Crippen LogP contribution in [-0.2, 0) is 9.53 Å². The number of aromatic nitrogens is 1. The van der Waals surface area contributed by atoms with Gasteiger partial charge in [0.25, 0.3) is 0 Å². The maximum absolute atomic E-state index is 12.0. The average molecular weight is 360 g/mol. The van der Waals surface area contributed by atoms with Gasteiger partial charge in [0.05, 0.1) is 18.2 Å². The lowest BCUT2D eigenvalue weighted by atomic mass is 9.87.